The molecule has 27 heavy (non-hydrogen) atoms. The summed E-state index contributed by atoms with van der Waals surface area (Å²) in [5.74, 6) is 1.41. The van der Waals surface area contributed by atoms with Crippen molar-refractivity contribution in [2.45, 2.75) is 23.5 Å². The summed E-state index contributed by atoms with van der Waals surface area (Å²) in [6.45, 7) is 0. The second kappa shape index (κ2) is 7.38. The van der Waals surface area contributed by atoms with E-state index in [-0.39, 0.29) is 11.3 Å². The summed E-state index contributed by atoms with van der Waals surface area (Å²) in [6, 6.07) is 9.39. The standard InChI is InChI=1S/C19H23NO6S/c1-20-14(18(21)13-7-5-6-8-17(13)27(20,22)23)9-12-10-15(24-2)19(26-4)16(11-12)25-3/h5-8,10-11,14,18,21H,9H2,1-4H3/t14-,18+/m0/s1. The lowest BCUT2D eigenvalue weighted by Gasteiger charge is -2.37. The number of methoxy groups -OCH3 is 3. The van der Waals surface area contributed by atoms with Crippen molar-refractivity contribution in [3.05, 3.63) is 47.5 Å². The number of hydrogen-bond donors (Lipinski definition) is 1. The number of likely N-dealkylation sites (N-methyl/N-ethyl adjacent to an activating group) is 1. The molecule has 1 heterocycles. The number of rotatable bonds is 5. The van der Waals surface area contributed by atoms with Gasteiger partial charge in [0.15, 0.2) is 11.5 Å². The van der Waals surface area contributed by atoms with Gasteiger partial charge < -0.3 is 19.3 Å². The average Bonchev–Trinajstić information content (AvgIpc) is 2.69. The molecule has 7 nitrogen and oxygen atoms in total. The molecule has 3 rings (SSSR count). The molecule has 146 valence electrons. The van der Waals surface area contributed by atoms with Crippen LogP contribution >= 0.6 is 0 Å². The molecule has 1 aliphatic heterocycles. The molecule has 8 heteroatoms. The lowest BCUT2D eigenvalue weighted by Crippen LogP contribution is -2.46. The number of fused-ring (bicyclic) bond motifs is 1. The lowest BCUT2D eigenvalue weighted by atomic mass is 9.95. The van der Waals surface area contributed by atoms with Crippen molar-refractivity contribution < 1.29 is 27.7 Å². The van der Waals surface area contributed by atoms with Crippen molar-refractivity contribution in [2.75, 3.05) is 28.4 Å². The van der Waals surface area contributed by atoms with Crippen LogP contribution in [0.4, 0.5) is 0 Å². The Morgan fingerprint density at radius 3 is 2.19 bits per heavy atom. The smallest absolute Gasteiger partial charge is 0.243 e. The van der Waals surface area contributed by atoms with Gasteiger partial charge in [0.2, 0.25) is 15.8 Å². The zero-order valence-electron chi connectivity index (χ0n) is 15.7. The van der Waals surface area contributed by atoms with Gasteiger partial charge in [-0.25, -0.2) is 8.42 Å². The molecule has 1 N–H and O–H groups in total. The molecule has 1 aliphatic rings. The summed E-state index contributed by atoms with van der Waals surface area (Å²) >= 11 is 0. The van der Waals surface area contributed by atoms with Gasteiger partial charge in [-0.2, -0.15) is 4.31 Å². The van der Waals surface area contributed by atoms with Crippen LogP contribution in [0.25, 0.3) is 0 Å². The van der Waals surface area contributed by atoms with Crippen LogP contribution < -0.4 is 14.2 Å². The number of benzene rings is 2. The van der Waals surface area contributed by atoms with Gasteiger partial charge in [-0.15, -0.1) is 0 Å². The van der Waals surface area contributed by atoms with Gasteiger partial charge in [0.25, 0.3) is 0 Å². The van der Waals surface area contributed by atoms with Crippen LogP contribution in [0.1, 0.15) is 17.2 Å². The minimum Gasteiger partial charge on any atom is -0.493 e. The van der Waals surface area contributed by atoms with Crippen molar-refractivity contribution >= 4 is 10.0 Å². The number of ether oxygens (including phenoxy) is 3. The van der Waals surface area contributed by atoms with Gasteiger partial charge in [0.05, 0.1) is 38.4 Å². The quantitative estimate of drug-likeness (QED) is 0.836. The Morgan fingerprint density at radius 1 is 1.04 bits per heavy atom. The van der Waals surface area contributed by atoms with Crippen molar-refractivity contribution in [2.24, 2.45) is 0 Å². The summed E-state index contributed by atoms with van der Waals surface area (Å²) in [6.07, 6.45) is -0.670. The zero-order valence-corrected chi connectivity index (χ0v) is 16.5. The maximum absolute atomic E-state index is 12.8. The highest BCUT2D eigenvalue weighted by Gasteiger charge is 2.41. The van der Waals surface area contributed by atoms with Crippen LogP contribution in [0.2, 0.25) is 0 Å². The fourth-order valence-corrected chi connectivity index (χ4v) is 5.03. The van der Waals surface area contributed by atoms with E-state index in [1.54, 1.807) is 30.3 Å². The summed E-state index contributed by atoms with van der Waals surface area (Å²) in [5, 5.41) is 10.8. The number of hydrogen-bond acceptors (Lipinski definition) is 6. The second-order valence-corrected chi connectivity index (χ2v) is 8.27. The Labute approximate surface area is 159 Å². The van der Waals surface area contributed by atoms with Crippen LogP contribution in [0.3, 0.4) is 0 Å². The van der Waals surface area contributed by atoms with Crippen molar-refractivity contribution in [3.63, 3.8) is 0 Å². The highest BCUT2D eigenvalue weighted by Crippen LogP contribution is 2.41. The molecule has 0 fully saturated rings. The van der Waals surface area contributed by atoms with E-state index in [2.05, 4.69) is 0 Å². The highest BCUT2D eigenvalue weighted by molar-refractivity contribution is 7.89. The van der Waals surface area contributed by atoms with Gasteiger partial charge in [-0.05, 0) is 30.2 Å². The molecule has 0 aromatic heterocycles. The molecular formula is C19H23NO6S. The fraction of sp³-hybridized carbons (Fsp3) is 0.368. The summed E-state index contributed by atoms with van der Waals surface area (Å²) in [7, 11) is 2.35. The molecule has 0 radical (unpaired) electrons. The van der Waals surface area contributed by atoms with E-state index in [1.807, 2.05) is 0 Å². The Balaban J connectivity index is 2.03. The highest BCUT2D eigenvalue weighted by atomic mass is 32.2. The first kappa shape index (κ1) is 19.5. The molecule has 2 aromatic carbocycles. The first-order valence-electron chi connectivity index (χ1n) is 8.39. The molecule has 0 spiro atoms. The topological polar surface area (TPSA) is 85.3 Å². The molecular weight excluding hydrogens is 370 g/mol. The van der Waals surface area contributed by atoms with Crippen LogP contribution in [0, 0.1) is 0 Å². The molecule has 2 atom stereocenters. The van der Waals surface area contributed by atoms with E-state index in [0.717, 1.165) is 5.56 Å². The van der Waals surface area contributed by atoms with E-state index >= 15 is 0 Å². The number of aliphatic hydroxyl groups is 1. The van der Waals surface area contributed by atoms with Gasteiger partial charge in [-0.1, -0.05) is 18.2 Å². The maximum Gasteiger partial charge on any atom is 0.243 e. The van der Waals surface area contributed by atoms with E-state index in [1.165, 1.54) is 38.7 Å². The van der Waals surface area contributed by atoms with Gasteiger partial charge in [0, 0.05) is 12.6 Å². The van der Waals surface area contributed by atoms with E-state index in [4.69, 9.17) is 14.2 Å². The first-order chi connectivity index (χ1) is 12.8. The predicted molar refractivity (Wildman–Crippen MR) is 99.9 cm³/mol. The largest absolute Gasteiger partial charge is 0.493 e. The molecule has 0 unspecified atom stereocenters. The van der Waals surface area contributed by atoms with Crippen LogP contribution in [0.5, 0.6) is 17.2 Å². The van der Waals surface area contributed by atoms with Crippen LogP contribution in [0.15, 0.2) is 41.3 Å². The minimum absolute atomic E-state index is 0.140. The Bertz CT molecular complexity index is 918. The molecule has 0 aliphatic carbocycles. The van der Waals surface area contributed by atoms with Crippen molar-refractivity contribution in [3.8, 4) is 17.2 Å². The normalized spacial score (nSPS) is 21.4. The number of nitrogens with zero attached hydrogens (tertiary/aromatic N) is 1. The van der Waals surface area contributed by atoms with Gasteiger partial charge in [-0.3, -0.25) is 0 Å². The number of sulfonamides is 1. The Hall–Kier alpha value is -2.29. The SMILES string of the molecule is COc1cc(C[C@H]2[C@H](O)c3ccccc3S(=O)(=O)N2C)cc(OC)c1OC. The zero-order chi connectivity index (χ0) is 19.8. The third kappa shape index (κ3) is 3.24. The van der Waals surface area contributed by atoms with Gasteiger partial charge in [0.1, 0.15) is 0 Å². The van der Waals surface area contributed by atoms with Crippen molar-refractivity contribution in [1.82, 2.24) is 4.31 Å². The fourth-order valence-electron chi connectivity index (χ4n) is 3.43. The van der Waals surface area contributed by atoms with E-state index < -0.39 is 22.2 Å². The molecule has 0 saturated carbocycles. The minimum atomic E-state index is -3.68. The Kier molecular flexibility index (Phi) is 5.32. The molecule has 2 aromatic rings. The third-order valence-electron chi connectivity index (χ3n) is 4.90. The lowest BCUT2D eigenvalue weighted by molar-refractivity contribution is 0.0891. The predicted octanol–water partition coefficient (Wildman–Crippen LogP) is 1.99. The van der Waals surface area contributed by atoms with Crippen LogP contribution in [-0.2, 0) is 16.4 Å². The molecule has 0 bridgehead atoms. The first-order valence-corrected chi connectivity index (χ1v) is 9.83. The second-order valence-electron chi connectivity index (χ2n) is 6.31. The molecule has 0 saturated heterocycles. The van der Waals surface area contributed by atoms with Crippen LogP contribution in [-0.4, -0.2) is 52.2 Å². The maximum atomic E-state index is 12.8. The summed E-state index contributed by atoms with van der Waals surface area (Å²) in [4.78, 5) is 0.140. The molecule has 0 amide bonds. The Morgan fingerprint density at radius 2 is 1.63 bits per heavy atom. The number of aliphatic hydroxyl groups excluding tert-OH is 1. The van der Waals surface area contributed by atoms with Crippen molar-refractivity contribution in [1.29, 1.82) is 0 Å². The average molecular weight is 393 g/mol. The summed E-state index contributed by atoms with van der Waals surface area (Å²) in [5.41, 5.74) is 1.17. The summed E-state index contributed by atoms with van der Waals surface area (Å²) < 4.78 is 42.9. The van der Waals surface area contributed by atoms with E-state index in [9.17, 15) is 13.5 Å². The van der Waals surface area contributed by atoms with Gasteiger partial charge >= 0.3 is 0 Å². The van der Waals surface area contributed by atoms with E-state index in [0.29, 0.717) is 22.8 Å². The third-order valence-corrected chi connectivity index (χ3v) is 6.85. The monoisotopic (exact) mass is 393 g/mol.